The standard InChI is InChI=1S/C27H45N5O/c1-7-23-17-31(6)18-24(8-2)32(23)26-28-13-21(14-29-26)16-30(5)15-20-9-27(10-20)11-22(12-27)25(33)19(3)4/h13-14,19-20,22-24H,7-12,15-18H2,1-6H3. The molecule has 2 atom stereocenters. The lowest BCUT2D eigenvalue weighted by molar-refractivity contribution is -0.142. The van der Waals surface area contributed by atoms with Gasteiger partial charge in [-0.2, -0.15) is 0 Å². The van der Waals surface area contributed by atoms with Crippen LogP contribution in [0.4, 0.5) is 5.95 Å². The molecule has 0 aromatic carbocycles. The second-order valence-corrected chi connectivity index (χ2v) is 11.8. The monoisotopic (exact) mass is 455 g/mol. The maximum absolute atomic E-state index is 12.2. The van der Waals surface area contributed by atoms with E-state index in [9.17, 15) is 4.79 Å². The summed E-state index contributed by atoms with van der Waals surface area (Å²) in [5.41, 5.74) is 1.69. The first-order valence-electron chi connectivity index (χ1n) is 13.2. The van der Waals surface area contributed by atoms with E-state index in [4.69, 9.17) is 9.97 Å². The highest BCUT2D eigenvalue weighted by Crippen LogP contribution is 2.61. The first kappa shape index (κ1) is 24.6. The number of rotatable bonds is 9. The van der Waals surface area contributed by atoms with Crippen molar-refractivity contribution in [2.24, 2.45) is 23.2 Å². The number of hydrogen-bond acceptors (Lipinski definition) is 6. The van der Waals surface area contributed by atoms with Gasteiger partial charge in [0, 0.05) is 68.1 Å². The quantitative estimate of drug-likeness (QED) is 0.555. The van der Waals surface area contributed by atoms with Gasteiger partial charge in [-0.1, -0.05) is 27.7 Å². The minimum absolute atomic E-state index is 0.194. The molecule has 3 fully saturated rings. The van der Waals surface area contributed by atoms with E-state index >= 15 is 0 Å². The van der Waals surface area contributed by atoms with E-state index in [0.29, 0.717) is 29.2 Å². The van der Waals surface area contributed by atoms with E-state index in [1.807, 2.05) is 26.2 Å². The summed E-state index contributed by atoms with van der Waals surface area (Å²) < 4.78 is 0. The number of anilines is 1. The van der Waals surface area contributed by atoms with Crippen LogP contribution < -0.4 is 4.90 Å². The second kappa shape index (κ2) is 9.99. The molecule has 0 N–H and O–H groups in total. The highest BCUT2D eigenvalue weighted by molar-refractivity contribution is 5.83. The molecular formula is C27H45N5O. The number of nitrogens with zero attached hydrogens (tertiary/aromatic N) is 5. The Morgan fingerprint density at radius 1 is 1.09 bits per heavy atom. The maximum Gasteiger partial charge on any atom is 0.225 e. The van der Waals surface area contributed by atoms with Crippen LogP contribution in [0.3, 0.4) is 0 Å². The molecule has 1 aliphatic heterocycles. The molecule has 1 saturated heterocycles. The third-order valence-corrected chi connectivity index (χ3v) is 8.49. The van der Waals surface area contributed by atoms with Crippen molar-refractivity contribution in [2.45, 2.75) is 84.8 Å². The van der Waals surface area contributed by atoms with Gasteiger partial charge in [0.25, 0.3) is 0 Å². The Kier molecular flexibility index (Phi) is 7.44. The van der Waals surface area contributed by atoms with Crippen molar-refractivity contribution in [3.05, 3.63) is 18.0 Å². The number of aromatic nitrogens is 2. The summed E-state index contributed by atoms with van der Waals surface area (Å²) in [5.74, 6) is 2.69. The summed E-state index contributed by atoms with van der Waals surface area (Å²) in [5, 5.41) is 0. The summed E-state index contributed by atoms with van der Waals surface area (Å²) in [7, 11) is 4.44. The average molecular weight is 456 g/mol. The van der Waals surface area contributed by atoms with Gasteiger partial charge in [0.1, 0.15) is 5.78 Å². The fraction of sp³-hybridized carbons (Fsp3) is 0.815. The normalized spacial score (nSPS) is 32.3. The summed E-state index contributed by atoms with van der Waals surface area (Å²) in [6.07, 6.45) is 11.2. The molecular weight excluding hydrogens is 410 g/mol. The van der Waals surface area contributed by atoms with Gasteiger partial charge >= 0.3 is 0 Å². The number of ketones is 1. The number of hydrogen-bond donors (Lipinski definition) is 0. The lowest BCUT2D eigenvalue weighted by atomic mass is 9.47. The molecule has 2 aliphatic carbocycles. The Hall–Kier alpha value is -1.53. The zero-order chi connectivity index (χ0) is 23.8. The van der Waals surface area contributed by atoms with Gasteiger partial charge in [-0.25, -0.2) is 9.97 Å². The molecule has 0 radical (unpaired) electrons. The number of carbonyl (C=O) groups is 1. The average Bonchev–Trinajstić information content (AvgIpc) is 2.73. The van der Waals surface area contributed by atoms with Crippen LogP contribution in [-0.2, 0) is 11.3 Å². The number of Topliss-reactive ketones (excluding diaryl/α,β-unsaturated/α-hetero) is 1. The Balaban J connectivity index is 1.25. The first-order valence-corrected chi connectivity index (χ1v) is 13.2. The Bertz CT molecular complexity index is 781. The van der Waals surface area contributed by atoms with E-state index in [0.717, 1.165) is 63.7 Å². The summed E-state index contributed by atoms with van der Waals surface area (Å²) in [6.45, 7) is 12.8. The summed E-state index contributed by atoms with van der Waals surface area (Å²) in [6, 6.07) is 0.963. The molecule has 2 heterocycles. The molecule has 1 aromatic heterocycles. The molecule has 1 spiro atoms. The van der Waals surface area contributed by atoms with Gasteiger partial charge in [0.15, 0.2) is 0 Å². The van der Waals surface area contributed by atoms with Crippen LogP contribution in [0.5, 0.6) is 0 Å². The smallest absolute Gasteiger partial charge is 0.225 e. The molecule has 1 aromatic rings. The van der Waals surface area contributed by atoms with Crippen LogP contribution in [0.2, 0.25) is 0 Å². The van der Waals surface area contributed by atoms with Gasteiger partial charge in [0.05, 0.1) is 0 Å². The van der Waals surface area contributed by atoms with Gasteiger partial charge in [0.2, 0.25) is 5.95 Å². The van der Waals surface area contributed by atoms with Crippen LogP contribution in [0, 0.1) is 23.2 Å². The van der Waals surface area contributed by atoms with Crippen LogP contribution in [0.25, 0.3) is 0 Å². The first-order chi connectivity index (χ1) is 15.7. The molecule has 0 bridgehead atoms. The molecule has 6 heteroatoms. The van der Waals surface area contributed by atoms with Crippen molar-refractivity contribution in [1.29, 1.82) is 0 Å². The third-order valence-electron chi connectivity index (χ3n) is 8.49. The lowest BCUT2D eigenvalue weighted by Gasteiger charge is -2.58. The van der Waals surface area contributed by atoms with Crippen molar-refractivity contribution >= 4 is 11.7 Å². The highest BCUT2D eigenvalue weighted by Gasteiger charge is 2.54. The topological polar surface area (TPSA) is 52.6 Å². The van der Waals surface area contributed by atoms with Crippen molar-refractivity contribution in [3.8, 4) is 0 Å². The molecule has 6 nitrogen and oxygen atoms in total. The van der Waals surface area contributed by atoms with E-state index in [-0.39, 0.29) is 5.92 Å². The number of piperazine rings is 1. The van der Waals surface area contributed by atoms with Gasteiger partial charge in [-0.05, 0) is 64.0 Å². The minimum atomic E-state index is 0.194. The second-order valence-electron chi connectivity index (χ2n) is 11.8. The van der Waals surface area contributed by atoms with Crippen molar-refractivity contribution in [2.75, 3.05) is 38.6 Å². The predicted molar refractivity (Wildman–Crippen MR) is 134 cm³/mol. The van der Waals surface area contributed by atoms with Crippen LogP contribution in [0.1, 0.15) is 71.8 Å². The largest absolute Gasteiger partial charge is 0.332 e. The fourth-order valence-electron chi connectivity index (χ4n) is 6.91. The summed E-state index contributed by atoms with van der Waals surface area (Å²) in [4.78, 5) is 29.2. The molecule has 184 valence electrons. The zero-order valence-electron chi connectivity index (χ0n) is 21.8. The van der Waals surface area contributed by atoms with Gasteiger partial charge in [-0.15, -0.1) is 0 Å². The predicted octanol–water partition coefficient (Wildman–Crippen LogP) is 4.25. The third kappa shape index (κ3) is 5.27. The van der Waals surface area contributed by atoms with E-state index in [1.165, 1.54) is 18.4 Å². The highest BCUT2D eigenvalue weighted by atomic mass is 16.1. The van der Waals surface area contributed by atoms with Gasteiger partial charge < -0.3 is 14.7 Å². The zero-order valence-corrected chi connectivity index (χ0v) is 21.8. The minimum Gasteiger partial charge on any atom is -0.332 e. The number of likely N-dealkylation sites (N-methyl/N-ethyl adjacent to an activating group) is 1. The molecule has 33 heavy (non-hydrogen) atoms. The molecule has 2 unspecified atom stereocenters. The van der Waals surface area contributed by atoms with E-state index < -0.39 is 0 Å². The summed E-state index contributed by atoms with van der Waals surface area (Å²) >= 11 is 0. The lowest BCUT2D eigenvalue weighted by Crippen LogP contribution is -2.58. The Labute approximate surface area is 201 Å². The van der Waals surface area contributed by atoms with Gasteiger partial charge in [-0.3, -0.25) is 4.79 Å². The van der Waals surface area contributed by atoms with Crippen molar-refractivity contribution in [3.63, 3.8) is 0 Å². The van der Waals surface area contributed by atoms with Crippen molar-refractivity contribution in [1.82, 2.24) is 19.8 Å². The maximum atomic E-state index is 12.2. The number of carbonyl (C=O) groups excluding carboxylic acids is 1. The van der Waals surface area contributed by atoms with Crippen LogP contribution in [0.15, 0.2) is 12.4 Å². The van der Waals surface area contributed by atoms with Crippen molar-refractivity contribution < 1.29 is 4.79 Å². The Morgan fingerprint density at radius 2 is 1.67 bits per heavy atom. The fourth-order valence-corrected chi connectivity index (χ4v) is 6.91. The van der Waals surface area contributed by atoms with Crippen LogP contribution in [-0.4, -0.2) is 71.4 Å². The van der Waals surface area contributed by atoms with Crippen LogP contribution >= 0.6 is 0 Å². The van der Waals surface area contributed by atoms with E-state index in [2.05, 4.69) is 42.6 Å². The molecule has 2 saturated carbocycles. The molecule has 3 aliphatic rings. The SMILES string of the molecule is CCC1CN(C)CC(CC)N1c1ncc(CN(C)CC2CC3(C2)CC(C(=O)C(C)C)C3)cn1. The molecule has 4 rings (SSSR count). The Morgan fingerprint density at radius 3 is 2.18 bits per heavy atom. The molecule has 0 amide bonds. The van der Waals surface area contributed by atoms with E-state index in [1.54, 1.807) is 0 Å².